The molecule has 1 unspecified atom stereocenters. The number of allylic oxidation sites excluding steroid dienone is 20. The zero-order valence-electron chi connectivity index (χ0n) is 50.2. The summed E-state index contributed by atoms with van der Waals surface area (Å²) in [6.45, 7) is 6.48. The van der Waals surface area contributed by atoms with Crippen molar-refractivity contribution in [3.63, 3.8) is 0 Å². The van der Waals surface area contributed by atoms with Crippen LogP contribution in [0.1, 0.15) is 290 Å². The molecule has 0 amide bonds. The van der Waals surface area contributed by atoms with E-state index in [9.17, 15) is 14.4 Å². The van der Waals surface area contributed by atoms with Crippen LogP contribution in [0.5, 0.6) is 0 Å². The van der Waals surface area contributed by atoms with Crippen molar-refractivity contribution in [2.45, 2.75) is 297 Å². The van der Waals surface area contributed by atoms with E-state index in [1.807, 2.05) is 0 Å². The molecule has 0 fully saturated rings. The molecule has 0 radical (unpaired) electrons. The van der Waals surface area contributed by atoms with Crippen LogP contribution in [0.4, 0.5) is 0 Å². The summed E-state index contributed by atoms with van der Waals surface area (Å²) < 4.78 is 16.9. The number of ether oxygens (including phenoxy) is 3. The van der Waals surface area contributed by atoms with Crippen LogP contribution in [0.25, 0.3) is 0 Å². The maximum Gasteiger partial charge on any atom is 0.306 e. The van der Waals surface area contributed by atoms with E-state index < -0.39 is 6.10 Å². The van der Waals surface area contributed by atoms with E-state index >= 15 is 0 Å². The van der Waals surface area contributed by atoms with E-state index in [0.717, 1.165) is 135 Å². The van der Waals surface area contributed by atoms with Crippen LogP contribution in [0, 0.1) is 0 Å². The molecule has 0 heterocycles. The first-order chi connectivity index (χ1) is 38.0. The van der Waals surface area contributed by atoms with Gasteiger partial charge in [-0.3, -0.25) is 14.4 Å². The molecule has 0 N–H and O–H groups in total. The van der Waals surface area contributed by atoms with Crippen molar-refractivity contribution in [3.8, 4) is 0 Å². The van der Waals surface area contributed by atoms with Crippen LogP contribution < -0.4 is 0 Å². The summed E-state index contributed by atoms with van der Waals surface area (Å²) in [6, 6.07) is 0. The second-order valence-electron chi connectivity index (χ2n) is 20.9. The number of hydrogen-bond acceptors (Lipinski definition) is 6. The van der Waals surface area contributed by atoms with E-state index in [4.69, 9.17) is 14.2 Å². The third-order valence-electron chi connectivity index (χ3n) is 13.4. The second-order valence-corrected chi connectivity index (χ2v) is 20.9. The molecule has 6 nitrogen and oxygen atoms in total. The minimum Gasteiger partial charge on any atom is -0.462 e. The fraction of sp³-hybridized carbons (Fsp3) is 0.676. The van der Waals surface area contributed by atoms with Gasteiger partial charge in [-0.15, -0.1) is 0 Å². The summed E-state index contributed by atoms with van der Waals surface area (Å²) in [6.07, 6.45) is 89.2. The lowest BCUT2D eigenvalue weighted by Gasteiger charge is -2.18. The summed E-state index contributed by atoms with van der Waals surface area (Å²) >= 11 is 0. The first-order valence-electron chi connectivity index (χ1n) is 32.0. The quantitative estimate of drug-likeness (QED) is 0.0261. The molecule has 0 aliphatic heterocycles. The maximum absolute atomic E-state index is 12.9. The summed E-state index contributed by atoms with van der Waals surface area (Å²) in [7, 11) is 0. The van der Waals surface area contributed by atoms with E-state index in [-0.39, 0.29) is 31.1 Å². The van der Waals surface area contributed by atoms with Crippen LogP contribution >= 0.6 is 0 Å². The highest BCUT2D eigenvalue weighted by atomic mass is 16.6. The Bertz CT molecular complexity index is 1600. The van der Waals surface area contributed by atoms with Gasteiger partial charge >= 0.3 is 17.9 Å². The minimum atomic E-state index is -0.791. The zero-order valence-corrected chi connectivity index (χ0v) is 50.2. The lowest BCUT2D eigenvalue weighted by atomic mass is 10.1. The average molecular weight is 1070 g/mol. The van der Waals surface area contributed by atoms with Crippen molar-refractivity contribution in [1.82, 2.24) is 0 Å². The Hall–Kier alpha value is -4.19. The van der Waals surface area contributed by atoms with Crippen molar-refractivity contribution in [3.05, 3.63) is 122 Å². The molecule has 0 rings (SSSR count). The molecule has 77 heavy (non-hydrogen) atoms. The van der Waals surface area contributed by atoms with Gasteiger partial charge in [0.25, 0.3) is 0 Å². The van der Waals surface area contributed by atoms with Crippen LogP contribution in [-0.2, 0) is 28.6 Å². The maximum atomic E-state index is 12.9. The molecule has 0 aromatic rings. The van der Waals surface area contributed by atoms with Gasteiger partial charge in [0.15, 0.2) is 6.10 Å². The minimum absolute atomic E-state index is 0.0886. The fourth-order valence-corrected chi connectivity index (χ4v) is 8.62. The van der Waals surface area contributed by atoms with Gasteiger partial charge in [-0.1, -0.05) is 258 Å². The molecule has 0 aliphatic rings. The monoisotopic (exact) mass is 1070 g/mol. The topological polar surface area (TPSA) is 78.9 Å². The van der Waals surface area contributed by atoms with Crippen LogP contribution in [0.3, 0.4) is 0 Å². The van der Waals surface area contributed by atoms with E-state index in [1.54, 1.807) is 0 Å². The Morgan fingerprint density at radius 2 is 0.506 bits per heavy atom. The van der Waals surface area contributed by atoms with Gasteiger partial charge in [-0.25, -0.2) is 0 Å². The molecule has 0 bridgehead atoms. The van der Waals surface area contributed by atoms with Gasteiger partial charge < -0.3 is 14.2 Å². The highest BCUT2D eigenvalue weighted by Crippen LogP contribution is 2.15. The Balaban J connectivity index is 4.25. The van der Waals surface area contributed by atoms with Crippen molar-refractivity contribution in [1.29, 1.82) is 0 Å². The van der Waals surface area contributed by atoms with Crippen molar-refractivity contribution in [2.75, 3.05) is 13.2 Å². The lowest BCUT2D eigenvalue weighted by molar-refractivity contribution is -0.167. The summed E-state index contributed by atoms with van der Waals surface area (Å²) in [5, 5.41) is 0. The molecular weight excluding hydrogens is 949 g/mol. The predicted octanol–water partition coefficient (Wildman–Crippen LogP) is 22.0. The summed E-state index contributed by atoms with van der Waals surface area (Å²) in [4.78, 5) is 38.2. The average Bonchev–Trinajstić information content (AvgIpc) is 3.43. The third kappa shape index (κ3) is 62.5. The summed E-state index contributed by atoms with van der Waals surface area (Å²) in [5.74, 6) is -0.911. The third-order valence-corrected chi connectivity index (χ3v) is 13.4. The van der Waals surface area contributed by atoms with Crippen molar-refractivity contribution < 1.29 is 28.6 Å². The molecule has 0 spiro atoms. The van der Waals surface area contributed by atoms with Crippen LogP contribution in [0.15, 0.2) is 122 Å². The van der Waals surface area contributed by atoms with Crippen molar-refractivity contribution >= 4 is 17.9 Å². The Labute approximate surface area is 475 Å². The normalized spacial score (nSPS) is 12.9. The van der Waals surface area contributed by atoms with Gasteiger partial charge in [0, 0.05) is 19.3 Å². The number of rotatable bonds is 57. The highest BCUT2D eigenvalue weighted by molar-refractivity contribution is 5.71. The SMILES string of the molecule is CC/C=C\C/C=C\C/C=C\C/C=C\C/C=C\C/C=C\C/C=C\C/C=C\CCCCCCCCCCC(=O)OCC(COC(=O)CCCCCCC/C=C\CCCCC)OC(=O)CCCCCCC/C=C\CCCCCCC. The fourth-order valence-electron chi connectivity index (χ4n) is 8.62. The molecular formula is C71H118O6. The largest absolute Gasteiger partial charge is 0.462 e. The smallest absolute Gasteiger partial charge is 0.306 e. The van der Waals surface area contributed by atoms with Gasteiger partial charge in [0.05, 0.1) is 0 Å². The van der Waals surface area contributed by atoms with Gasteiger partial charge in [0.2, 0.25) is 0 Å². The van der Waals surface area contributed by atoms with Gasteiger partial charge in [0.1, 0.15) is 13.2 Å². The standard InChI is InChI=1S/C71H118O6/c1-4-7-10-13-16-19-22-25-27-28-29-30-31-32-33-34-35-36-37-38-39-40-41-42-43-44-45-47-49-52-55-58-61-64-70(73)76-67-68(66-75-69(72)63-60-57-54-51-48-24-21-18-15-12-9-6-3)77-71(74)65-62-59-56-53-50-46-26-23-20-17-14-11-8-5-2/h7,10,16,18-19,21,23,25-27,29-30,32-33,35-36,38-39,41-42,68H,4-6,8-9,11-15,17,20,22,24,28,31,34,37,40,43-67H2,1-3H3/b10-7-,19-16-,21-18-,26-23-,27-25-,30-29-,33-32-,36-35-,39-38-,42-41-. The van der Waals surface area contributed by atoms with E-state index in [1.165, 1.54) is 116 Å². The number of hydrogen-bond donors (Lipinski definition) is 0. The molecule has 438 valence electrons. The second kappa shape index (κ2) is 64.3. The van der Waals surface area contributed by atoms with Crippen molar-refractivity contribution in [2.24, 2.45) is 0 Å². The molecule has 0 aromatic carbocycles. The number of carbonyl (C=O) groups is 3. The number of esters is 3. The highest BCUT2D eigenvalue weighted by Gasteiger charge is 2.19. The molecule has 0 aliphatic carbocycles. The molecule has 0 aromatic heterocycles. The van der Waals surface area contributed by atoms with Crippen LogP contribution in [-0.4, -0.2) is 37.2 Å². The Kier molecular flexibility index (Phi) is 60.8. The van der Waals surface area contributed by atoms with Gasteiger partial charge in [-0.05, 0) is 135 Å². The zero-order chi connectivity index (χ0) is 55.7. The number of carbonyl (C=O) groups excluding carboxylic acids is 3. The van der Waals surface area contributed by atoms with Gasteiger partial charge in [-0.2, -0.15) is 0 Å². The molecule has 0 saturated carbocycles. The predicted molar refractivity (Wildman–Crippen MR) is 334 cm³/mol. The molecule has 0 saturated heterocycles. The lowest BCUT2D eigenvalue weighted by Crippen LogP contribution is -2.30. The Morgan fingerprint density at radius 3 is 0.831 bits per heavy atom. The summed E-state index contributed by atoms with van der Waals surface area (Å²) in [5.41, 5.74) is 0. The van der Waals surface area contributed by atoms with Crippen LogP contribution in [0.2, 0.25) is 0 Å². The first-order valence-corrected chi connectivity index (χ1v) is 32.0. The van der Waals surface area contributed by atoms with E-state index in [0.29, 0.717) is 19.3 Å². The first kappa shape index (κ1) is 72.8. The number of unbranched alkanes of at least 4 members (excludes halogenated alkanes) is 26. The van der Waals surface area contributed by atoms with E-state index in [2.05, 4.69) is 142 Å². The Morgan fingerprint density at radius 1 is 0.273 bits per heavy atom. The molecule has 1 atom stereocenters. The molecule has 6 heteroatoms.